The molecule has 21 heavy (non-hydrogen) atoms. The third kappa shape index (κ3) is 3.81. The number of aromatic nitrogens is 3. The van der Waals surface area contributed by atoms with Crippen LogP contribution >= 0.6 is 15.9 Å². The van der Waals surface area contributed by atoms with Gasteiger partial charge in [-0.1, -0.05) is 34.1 Å². The third-order valence-corrected chi connectivity index (χ3v) is 3.41. The van der Waals surface area contributed by atoms with Crippen molar-refractivity contribution in [2.45, 2.75) is 19.9 Å². The Bertz CT molecular complexity index is 628. The van der Waals surface area contributed by atoms with Gasteiger partial charge in [-0.25, -0.2) is 9.48 Å². The number of benzene rings is 1. The number of carbonyl (C=O) groups is 1. The number of nitrogens with zero attached hydrogens (tertiary/aromatic N) is 3. The van der Waals surface area contributed by atoms with Gasteiger partial charge in [0.15, 0.2) is 5.69 Å². The maximum Gasteiger partial charge on any atom is 0.360 e. The van der Waals surface area contributed by atoms with Crippen LogP contribution in [-0.4, -0.2) is 34.7 Å². The number of hydrogen-bond acceptors (Lipinski definition) is 5. The summed E-state index contributed by atoms with van der Waals surface area (Å²) in [6, 6.07) is 7.61. The van der Waals surface area contributed by atoms with Gasteiger partial charge in [-0.15, -0.1) is 5.10 Å². The molecule has 0 saturated carbocycles. The van der Waals surface area contributed by atoms with Crippen LogP contribution in [0.4, 0.5) is 0 Å². The van der Waals surface area contributed by atoms with E-state index in [1.165, 1.54) is 7.11 Å². The van der Waals surface area contributed by atoms with Gasteiger partial charge in [0.1, 0.15) is 12.4 Å². The molecule has 0 fully saturated rings. The molecule has 1 heterocycles. The van der Waals surface area contributed by atoms with Crippen LogP contribution in [0, 0.1) is 0 Å². The van der Waals surface area contributed by atoms with E-state index in [0.29, 0.717) is 19.6 Å². The van der Waals surface area contributed by atoms with Gasteiger partial charge in [0, 0.05) is 4.47 Å². The van der Waals surface area contributed by atoms with E-state index in [9.17, 15) is 4.79 Å². The largest absolute Gasteiger partial charge is 0.492 e. The summed E-state index contributed by atoms with van der Waals surface area (Å²) in [5.41, 5.74) is 1.02. The number of carbonyl (C=O) groups excluding carboxylic acids is 1. The summed E-state index contributed by atoms with van der Waals surface area (Å²) in [4.78, 5) is 11.6. The molecule has 0 bridgehead atoms. The van der Waals surface area contributed by atoms with Gasteiger partial charge in [-0.2, -0.15) is 0 Å². The Labute approximate surface area is 131 Å². The lowest BCUT2D eigenvalue weighted by Gasteiger charge is -2.08. The number of ether oxygens (including phenoxy) is 2. The van der Waals surface area contributed by atoms with Crippen LogP contribution in [0.1, 0.15) is 23.1 Å². The first kappa shape index (κ1) is 15.5. The number of methoxy groups -OCH3 is 1. The van der Waals surface area contributed by atoms with E-state index >= 15 is 0 Å². The van der Waals surface area contributed by atoms with E-state index in [2.05, 4.69) is 31.0 Å². The summed E-state index contributed by atoms with van der Waals surface area (Å²) in [5.74, 6) is 0.307. The maximum absolute atomic E-state index is 11.6. The molecule has 1 aromatic heterocycles. The van der Waals surface area contributed by atoms with Gasteiger partial charge in [0.2, 0.25) is 0 Å². The summed E-state index contributed by atoms with van der Waals surface area (Å²) in [5, 5.41) is 7.85. The lowest BCUT2D eigenvalue weighted by molar-refractivity contribution is 0.0592. The molecule has 0 aliphatic heterocycles. The Morgan fingerprint density at radius 3 is 2.90 bits per heavy atom. The molecule has 0 N–H and O–H groups in total. The molecule has 0 atom stereocenters. The Morgan fingerprint density at radius 2 is 2.24 bits per heavy atom. The SMILES string of the molecule is CCc1c(C(=O)OC)nnn1CCOc1cccc(Br)c1. The topological polar surface area (TPSA) is 66.2 Å². The minimum atomic E-state index is -0.467. The molecule has 0 unspecified atom stereocenters. The molecule has 2 aromatic rings. The highest BCUT2D eigenvalue weighted by molar-refractivity contribution is 9.10. The van der Waals surface area contributed by atoms with Crippen LogP contribution in [0.2, 0.25) is 0 Å². The smallest absolute Gasteiger partial charge is 0.360 e. The zero-order valence-corrected chi connectivity index (χ0v) is 13.5. The fourth-order valence-corrected chi connectivity index (χ4v) is 2.30. The van der Waals surface area contributed by atoms with Gasteiger partial charge in [0.25, 0.3) is 0 Å². The summed E-state index contributed by atoms with van der Waals surface area (Å²) >= 11 is 3.39. The normalized spacial score (nSPS) is 10.4. The summed E-state index contributed by atoms with van der Waals surface area (Å²) in [6.07, 6.45) is 0.647. The predicted octanol–water partition coefficient (Wildman–Crippen LogP) is 2.47. The Balaban J connectivity index is 2.00. The number of halogens is 1. The molecule has 112 valence electrons. The average Bonchev–Trinajstić information content (AvgIpc) is 2.89. The van der Waals surface area contributed by atoms with Crippen molar-refractivity contribution in [2.75, 3.05) is 13.7 Å². The van der Waals surface area contributed by atoms with E-state index in [4.69, 9.17) is 4.74 Å². The molecule has 0 radical (unpaired) electrons. The van der Waals surface area contributed by atoms with Crippen LogP contribution < -0.4 is 4.74 Å². The second-order valence-electron chi connectivity index (χ2n) is 4.26. The molecule has 6 nitrogen and oxygen atoms in total. The van der Waals surface area contributed by atoms with Crippen LogP contribution in [-0.2, 0) is 17.7 Å². The standard InChI is InChI=1S/C14H16BrN3O3/c1-3-12-13(14(19)20-2)16-17-18(12)7-8-21-11-6-4-5-10(15)9-11/h4-6,9H,3,7-8H2,1-2H3. The highest BCUT2D eigenvalue weighted by atomic mass is 79.9. The fourth-order valence-electron chi connectivity index (χ4n) is 1.92. The molecule has 0 aliphatic rings. The first-order chi connectivity index (χ1) is 10.2. The second-order valence-corrected chi connectivity index (χ2v) is 5.17. The minimum Gasteiger partial charge on any atom is -0.492 e. The molecule has 0 aliphatic carbocycles. The van der Waals surface area contributed by atoms with Gasteiger partial charge in [-0.3, -0.25) is 0 Å². The van der Waals surface area contributed by atoms with Crippen LogP contribution in [0.3, 0.4) is 0 Å². The lowest BCUT2D eigenvalue weighted by atomic mass is 10.2. The first-order valence-corrected chi connectivity index (χ1v) is 7.34. The highest BCUT2D eigenvalue weighted by Crippen LogP contribution is 2.17. The van der Waals surface area contributed by atoms with Crippen molar-refractivity contribution in [1.82, 2.24) is 15.0 Å². The van der Waals surface area contributed by atoms with Gasteiger partial charge in [-0.05, 0) is 24.6 Å². The van der Waals surface area contributed by atoms with E-state index in [1.807, 2.05) is 31.2 Å². The third-order valence-electron chi connectivity index (χ3n) is 2.92. The van der Waals surface area contributed by atoms with Crippen molar-refractivity contribution >= 4 is 21.9 Å². The fraction of sp³-hybridized carbons (Fsp3) is 0.357. The molecule has 0 saturated heterocycles. The molecule has 2 rings (SSSR count). The maximum atomic E-state index is 11.6. The van der Waals surface area contributed by atoms with Crippen molar-refractivity contribution in [3.05, 3.63) is 40.1 Å². The average molecular weight is 354 g/mol. The number of esters is 1. The van der Waals surface area contributed by atoms with Crippen LogP contribution in [0.25, 0.3) is 0 Å². The van der Waals surface area contributed by atoms with E-state index in [-0.39, 0.29) is 5.69 Å². The van der Waals surface area contributed by atoms with E-state index in [1.54, 1.807) is 4.68 Å². The molecule has 7 heteroatoms. The van der Waals surface area contributed by atoms with Crippen molar-refractivity contribution in [1.29, 1.82) is 0 Å². The van der Waals surface area contributed by atoms with Crippen LogP contribution in [0.15, 0.2) is 28.7 Å². The van der Waals surface area contributed by atoms with Crippen molar-refractivity contribution in [3.63, 3.8) is 0 Å². The van der Waals surface area contributed by atoms with E-state index in [0.717, 1.165) is 15.9 Å². The Morgan fingerprint density at radius 1 is 1.43 bits per heavy atom. The Hall–Kier alpha value is -1.89. The number of hydrogen-bond donors (Lipinski definition) is 0. The Kier molecular flexibility index (Phi) is 5.32. The van der Waals surface area contributed by atoms with Crippen molar-refractivity contribution < 1.29 is 14.3 Å². The molecular weight excluding hydrogens is 338 g/mol. The highest BCUT2D eigenvalue weighted by Gasteiger charge is 2.18. The first-order valence-electron chi connectivity index (χ1n) is 6.54. The molecule has 1 aromatic carbocycles. The van der Waals surface area contributed by atoms with Crippen molar-refractivity contribution in [3.8, 4) is 5.75 Å². The lowest BCUT2D eigenvalue weighted by Crippen LogP contribution is -2.13. The minimum absolute atomic E-state index is 0.266. The van der Waals surface area contributed by atoms with Gasteiger partial charge < -0.3 is 9.47 Å². The van der Waals surface area contributed by atoms with Crippen molar-refractivity contribution in [2.24, 2.45) is 0 Å². The number of rotatable bonds is 6. The predicted molar refractivity (Wildman–Crippen MR) is 80.4 cm³/mol. The summed E-state index contributed by atoms with van der Waals surface area (Å²) < 4.78 is 13.0. The van der Waals surface area contributed by atoms with Crippen LogP contribution in [0.5, 0.6) is 5.75 Å². The summed E-state index contributed by atoms with van der Waals surface area (Å²) in [7, 11) is 1.33. The van der Waals surface area contributed by atoms with E-state index < -0.39 is 5.97 Å². The van der Waals surface area contributed by atoms with Gasteiger partial charge in [0.05, 0.1) is 19.3 Å². The monoisotopic (exact) mass is 353 g/mol. The molecule has 0 spiro atoms. The summed E-state index contributed by atoms with van der Waals surface area (Å²) in [6.45, 7) is 2.89. The quantitative estimate of drug-likeness (QED) is 0.746. The van der Waals surface area contributed by atoms with Gasteiger partial charge >= 0.3 is 5.97 Å². The zero-order valence-electron chi connectivity index (χ0n) is 11.9. The molecule has 0 amide bonds. The second kappa shape index (κ2) is 7.21. The zero-order chi connectivity index (χ0) is 15.2. The molecular formula is C14H16BrN3O3.